The van der Waals surface area contributed by atoms with Crippen LogP contribution < -0.4 is 16.4 Å². The van der Waals surface area contributed by atoms with Crippen LogP contribution in [0.25, 0.3) is 0 Å². The van der Waals surface area contributed by atoms with E-state index >= 15 is 0 Å². The van der Waals surface area contributed by atoms with Crippen LogP contribution in [-0.4, -0.2) is 31.6 Å². The summed E-state index contributed by atoms with van der Waals surface area (Å²) in [4.78, 5) is 10.7. The predicted octanol–water partition coefficient (Wildman–Crippen LogP) is -1.19. The molecule has 0 saturated heterocycles. The first-order valence-electron chi connectivity index (χ1n) is 3.92. The quantitative estimate of drug-likeness (QED) is 0.482. The Kier molecular flexibility index (Phi) is 2.84. The van der Waals surface area contributed by atoms with E-state index < -0.39 is 0 Å². The lowest BCUT2D eigenvalue weighted by Crippen LogP contribution is -2.50. The fourth-order valence-electron chi connectivity index (χ4n) is 1.15. The first kappa shape index (κ1) is 8.49. The Morgan fingerprint density at radius 1 is 1.64 bits per heavy atom. The molecule has 0 aromatic rings. The van der Waals surface area contributed by atoms with Crippen LogP contribution in [0.1, 0.15) is 12.8 Å². The van der Waals surface area contributed by atoms with Crippen LogP contribution >= 0.6 is 0 Å². The van der Waals surface area contributed by atoms with Crippen molar-refractivity contribution in [3.63, 3.8) is 0 Å². The number of amides is 1. The number of hydrogen-bond acceptors (Lipinski definition) is 3. The second-order valence-corrected chi connectivity index (χ2v) is 2.98. The minimum absolute atomic E-state index is 0.0328. The van der Waals surface area contributed by atoms with E-state index in [2.05, 4.69) is 10.6 Å². The van der Waals surface area contributed by atoms with Crippen LogP contribution in [-0.2, 0) is 4.79 Å². The summed E-state index contributed by atoms with van der Waals surface area (Å²) in [6.45, 7) is 0.411. The van der Waals surface area contributed by atoms with Gasteiger partial charge in [0.05, 0.1) is 6.54 Å². The maximum atomic E-state index is 10.7. The predicted molar refractivity (Wildman–Crippen MR) is 43.1 cm³/mol. The second kappa shape index (κ2) is 3.69. The van der Waals surface area contributed by atoms with E-state index in [1.54, 1.807) is 7.05 Å². The fourth-order valence-corrected chi connectivity index (χ4v) is 1.15. The molecule has 0 atom stereocenters. The molecule has 4 N–H and O–H groups in total. The van der Waals surface area contributed by atoms with Crippen molar-refractivity contribution in [3.8, 4) is 0 Å². The third kappa shape index (κ3) is 2.48. The van der Waals surface area contributed by atoms with Crippen molar-refractivity contribution in [1.82, 2.24) is 10.6 Å². The highest BCUT2D eigenvalue weighted by molar-refractivity contribution is 5.77. The van der Waals surface area contributed by atoms with E-state index in [0.29, 0.717) is 18.6 Å². The molecular weight excluding hydrogens is 142 g/mol. The van der Waals surface area contributed by atoms with Crippen LogP contribution in [0, 0.1) is 0 Å². The molecule has 0 heterocycles. The zero-order valence-electron chi connectivity index (χ0n) is 6.76. The van der Waals surface area contributed by atoms with Gasteiger partial charge in [-0.15, -0.1) is 0 Å². The van der Waals surface area contributed by atoms with Crippen molar-refractivity contribution < 1.29 is 4.79 Å². The second-order valence-electron chi connectivity index (χ2n) is 2.98. The van der Waals surface area contributed by atoms with Crippen LogP contribution in [0.15, 0.2) is 0 Å². The molecule has 0 aliphatic heterocycles. The Labute approximate surface area is 66.5 Å². The zero-order valence-corrected chi connectivity index (χ0v) is 6.76. The smallest absolute Gasteiger partial charge is 0.233 e. The molecule has 1 saturated carbocycles. The average molecular weight is 157 g/mol. The lowest BCUT2D eigenvalue weighted by Gasteiger charge is -2.32. The van der Waals surface area contributed by atoms with Gasteiger partial charge in [-0.1, -0.05) is 0 Å². The van der Waals surface area contributed by atoms with Crippen molar-refractivity contribution >= 4 is 5.91 Å². The molecule has 1 amide bonds. The molecule has 11 heavy (non-hydrogen) atoms. The zero-order chi connectivity index (χ0) is 8.27. The molecular formula is C7H15N3O. The van der Waals surface area contributed by atoms with Gasteiger partial charge >= 0.3 is 0 Å². The van der Waals surface area contributed by atoms with Gasteiger partial charge in [-0.25, -0.2) is 0 Å². The largest absolute Gasteiger partial charge is 0.358 e. The summed E-state index contributed by atoms with van der Waals surface area (Å²) in [5.41, 5.74) is 5.57. The fraction of sp³-hybridized carbons (Fsp3) is 0.857. The van der Waals surface area contributed by atoms with E-state index in [0.717, 1.165) is 12.8 Å². The number of hydrogen-bond donors (Lipinski definition) is 3. The minimum atomic E-state index is 0.0328. The number of rotatable bonds is 3. The number of carbonyl (C=O) groups excluding carboxylic acids is 1. The number of carbonyl (C=O) groups is 1. The number of nitrogens with two attached hydrogens (primary N) is 1. The third-order valence-electron chi connectivity index (χ3n) is 2.00. The average Bonchev–Trinajstić information content (AvgIpc) is 1.95. The molecule has 1 aliphatic carbocycles. The molecule has 1 fully saturated rings. The summed E-state index contributed by atoms with van der Waals surface area (Å²) >= 11 is 0. The third-order valence-corrected chi connectivity index (χ3v) is 2.00. The van der Waals surface area contributed by atoms with E-state index in [4.69, 9.17) is 5.73 Å². The molecule has 0 radical (unpaired) electrons. The first-order chi connectivity index (χ1) is 5.22. The van der Waals surface area contributed by atoms with Crippen molar-refractivity contribution in [2.45, 2.75) is 24.9 Å². The van der Waals surface area contributed by atoms with Gasteiger partial charge in [0.25, 0.3) is 0 Å². The molecule has 0 spiro atoms. The molecule has 0 aromatic carbocycles. The van der Waals surface area contributed by atoms with E-state index in [9.17, 15) is 4.79 Å². The van der Waals surface area contributed by atoms with E-state index in [-0.39, 0.29) is 5.91 Å². The van der Waals surface area contributed by atoms with Crippen LogP contribution in [0.4, 0.5) is 0 Å². The summed E-state index contributed by atoms with van der Waals surface area (Å²) in [5.74, 6) is 0.0328. The maximum absolute atomic E-state index is 10.7. The Bertz CT molecular complexity index is 143. The molecule has 1 rings (SSSR count). The van der Waals surface area contributed by atoms with Gasteiger partial charge < -0.3 is 16.4 Å². The lowest BCUT2D eigenvalue weighted by atomic mass is 9.88. The summed E-state index contributed by atoms with van der Waals surface area (Å²) < 4.78 is 0. The van der Waals surface area contributed by atoms with Gasteiger partial charge in [0, 0.05) is 19.1 Å². The SMILES string of the molecule is CNC(=O)CNC1CC(N)C1. The minimum Gasteiger partial charge on any atom is -0.358 e. The van der Waals surface area contributed by atoms with Crippen LogP contribution in [0.2, 0.25) is 0 Å². The lowest BCUT2D eigenvalue weighted by molar-refractivity contribution is -0.120. The number of likely N-dealkylation sites (N-methyl/N-ethyl adjacent to an activating group) is 1. The van der Waals surface area contributed by atoms with Gasteiger partial charge in [-0.05, 0) is 12.8 Å². The molecule has 0 unspecified atom stereocenters. The van der Waals surface area contributed by atoms with E-state index in [1.165, 1.54) is 0 Å². The van der Waals surface area contributed by atoms with Crippen molar-refractivity contribution in [2.24, 2.45) is 5.73 Å². The number of nitrogens with one attached hydrogen (secondary N) is 2. The highest BCUT2D eigenvalue weighted by atomic mass is 16.1. The van der Waals surface area contributed by atoms with Crippen molar-refractivity contribution in [1.29, 1.82) is 0 Å². The van der Waals surface area contributed by atoms with Crippen molar-refractivity contribution in [3.05, 3.63) is 0 Å². The molecule has 0 aromatic heterocycles. The van der Waals surface area contributed by atoms with Gasteiger partial charge in [0.1, 0.15) is 0 Å². The molecule has 4 heteroatoms. The summed E-state index contributed by atoms with van der Waals surface area (Å²) in [6, 6.07) is 0.805. The van der Waals surface area contributed by atoms with Gasteiger partial charge in [-0.2, -0.15) is 0 Å². The summed E-state index contributed by atoms with van der Waals surface area (Å²) in [7, 11) is 1.64. The Balaban J connectivity index is 2.00. The Morgan fingerprint density at radius 2 is 2.27 bits per heavy atom. The van der Waals surface area contributed by atoms with Gasteiger partial charge in [0.2, 0.25) is 5.91 Å². The van der Waals surface area contributed by atoms with Crippen LogP contribution in [0.3, 0.4) is 0 Å². The Hall–Kier alpha value is -0.610. The summed E-state index contributed by atoms with van der Waals surface area (Å²) in [5, 5.41) is 5.66. The first-order valence-corrected chi connectivity index (χ1v) is 3.92. The van der Waals surface area contributed by atoms with Crippen molar-refractivity contribution in [2.75, 3.05) is 13.6 Å². The van der Waals surface area contributed by atoms with Gasteiger partial charge in [-0.3, -0.25) is 4.79 Å². The molecule has 4 nitrogen and oxygen atoms in total. The highest BCUT2D eigenvalue weighted by Crippen LogP contribution is 2.16. The molecule has 1 aliphatic rings. The van der Waals surface area contributed by atoms with E-state index in [1.807, 2.05) is 0 Å². The standard InChI is InChI=1S/C7H15N3O/c1-9-7(11)4-10-6-2-5(8)3-6/h5-6,10H,2-4,8H2,1H3,(H,9,11). The Morgan fingerprint density at radius 3 is 2.73 bits per heavy atom. The monoisotopic (exact) mass is 157 g/mol. The highest BCUT2D eigenvalue weighted by Gasteiger charge is 2.25. The molecule has 0 bridgehead atoms. The molecule has 64 valence electrons. The summed E-state index contributed by atoms with van der Waals surface area (Å²) in [6.07, 6.45) is 1.99. The topological polar surface area (TPSA) is 67.2 Å². The normalized spacial score (nSPS) is 29.3. The van der Waals surface area contributed by atoms with Gasteiger partial charge in [0.15, 0.2) is 0 Å². The maximum Gasteiger partial charge on any atom is 0.233 e. The van der Waals surface area contributed by atoms with Crippen LogP contribution in [0.5, 0.6) is 0 Å².